The van der Waals surface area contributed by atoms with Gasteiger partial charge in [-0.2, -0.15) is 4.98 Å². The molecule has 0 saturated heterocycles. The fraction of sp³-hybridized carbons (Fsp3) is 0.846. The molecule has 18 heavy (non-hydrogen) atoms. The van der Waals surface area contributed by atoms with Crippen LogP contribution in [0.5, 0.6) is 0 Å². The molecular weight excluding hydrogens is 230 g/mol. The number of aliphatic hydroxyl groups excluding tert-OH is 1. The molecule has 2 rings (SSSR count). The highest BCUT2D eigenvalue weighted by Crippen LogP contribution is 2.36. The van der Waals surface area contributed by atoms with Gasteiger partial charge in [0.2, 0.25) is 5.89 Å². The molecule has 5 heteroatoms. The molecule has 1 fully saturated rings. The first kappa shape index (κ1) is 13.5. The third kappa shape index (κ3) is 2.90. The van der Waals surface area contributed by atoms with Gasteiger partial charge in [0, 0.05) is 5.92 Å². The fourth-order valence-electron chi connectivity index (χ4n) is 2.65. The maximum Gasteiger partial charge on any atom is 0.246 e. The van der Waals surface area contributed by atoms with Crippen LogP contribution in [-0.2, 0) is 0 Å². The van der Waals surface area contributed by atoms with Gasteiger partial charge in [-0.05, 0) is 25.7 Å². The van der Waals surface area contributed by atoms with Crippen molar-refractivity contribution in [2.24, 2.45) is 11.7 Å². The Hall–Kier alpha value is -0.940. The molecule has 1 aromatic heterocycles. The van der Waals surface area contributed by atoms with E-state index in [9.17, 15) is 5.11 Å². The van der Waals surface area contributed by atoms with E-state index in [4.69, 9.17) is 10.3 Å². The van der Waals surface area contributed by atoms with Crippen LogP contribution in [0.3, 0.4) is 0 Å². The fourth-order valence-corrected chi connectivity index (χ4v) is 2.65. The highest BCUT2D eigenvalue weighted by Gasteiger charge is 2.27. The highest BCUT2D eigenvalue weighted by molar-refractivity contribution is 5.01. The molecule has 0 radical (unpaired) electrons. The number of aliphatic hydroxyl groups is 1. The summed E-state index contributed by atoms with van der Waals surface area (Å²) in [5.74, 6) is 2.27. The first-order valence-electron chi connectivity index (χ1n) is 6.89. The topological polar surface area (TPSA) is 85.2 Å². The SMILES string of the molecule is CCC1CCCC(c2noc([C@@H](N)[C@@H](C)O)n2)C1. The van der Waals surface area contributed by atoms with E-state index in [1.807, 2.05) is 0 Å². The minimum atomic E-state index is -0.673. The number of rotatable bonds is 4. The van der Waals surface area contributed by atoms with E-state index in [2.05, 4.69) is 17.1 Å². The van der Waals surface area contributed by atoms with Crippen LogP contribution in [0.4, 0.5) is 0 Å². The maximum atomic E-state index is 9.42. The van der Waals surface area contributed by atoms with Crippen LogP contribution >= 0.6 is 0 Å². The Morgan fingerprint density at radius 2 is 2.28 bits per heavy atom. The van der Waals surface area contributed by atoms with E-state index in [-0.39, 0.29) is 0 Å². The molecule has 1 saturated carbocycles. The zero-order valence-corrected chi connectivity index (χ0v) is 11.2. The Balaban J connectivity index is 2.05. The van der Waals surface area contributed by atoms with Crippen molar-refractivity contribution in [3.05, 3.63) is 11.7 Å². The lowest BCUT2D eigenvalue weighted by molar-refractivity contribution is 0.146. The molecule has 5 nitrogen and oxygen atoms in total. The first-order valence-corrected chi connectivity index (χ1v) is 6.89. The smallest absolute Gasteiger partial charge is 0.246 e. The Morgan fingerprint density at radius 1 is 1.50 bits per heavy atom. The summed E-state index contributed by atoms with van der Waals surface area (Å²) in [6.07, 6.45) is 5.35. The highest BCUT2D eigenvalue weighted by atomic mass is 16.5. The molecule has 1 aliphatic rings. The van der Waals surface area contributed by atoms with Gasteiger partial charge < -0.3 is 15.4 Å². The predicted octanol–water partition coefficient (Wildman–Crippen LogP) is 2.13. The molecule has 3 N–H and O–H groups in total. The van der Waals surface area contributed by atoms with Crippen molar-refractivity contribution in [3.63, 3.8) is 0 Å². The zero-order chi connectivity index (χ0) is 13.1. The number of nitrogens with zero attached hydrogens (tertiary/aromatic N) is 2. The van der Waals surface area contributed by atoms with Crippen LogP contribution in [0.2, 0.25) is 0 Å². The van der Waals surface area contributed by atoms with Crippen LogP contribution in [-0.4, -0.2) is 21.4 Å². The van der Waals surface area contributed by atoms with Crippen molar-refractivity contribution in [2.75, 3.05) is 0 Å². The summed E-state index contributed by atoms with van der Waals surface area (Å²) in [7, 11) is 0. The quantitative estimate of drug-likeness (QED) is 0.858. The van der Waals surface area contributed by atoms with Gasteiger partial charge in [0.25, 0.3) is 0 Å². The average molecular weight is 253 g/mol. The summed E-state index contributed by atoms with van der Waals surface area (Å²) >= 11 is 0. The molecule has 1 aliphatic carbocycles. The minimum Gasteiger partial charge on any atom is -0.391 e. The molecule has 0 aromatic carbocycles. The summed E-state index contributed by atoms with van der Waals surface area (Å²) in [4.78, 5) is 4.36. The molecular formula is C13H23N3O2. The van der Waals surface area contributed by atoms with E-state index in [0.717, 1.165) is 24.6 Å². The summed E-state index contributed by atoms with van der Waals surface area (Å²) in [6.45, 7) is 3.86. The van der Waals surface area contributed by atoms with Gasteiger partial charge in [0.05, 0.1) is 6.10 Å². The van der Waals surface area contributed by atoms with Gasteiger partial charge in [0.15, 0.2) is 5.82 Å². The number of hydrogen-bond donors (Lipinski definition) is 2. The summed E-state index contributed by atoms with van der Waals surface area (Å²) in [5.41, 5.74) is 5.79. The predicted molar refractivity (Wildman–Crippen MR) is 67.9 cm³/mol. The van der Waals surface area contributed by atoms with Gasteiger partial charge in [-0.25, -0.2) is 0 Å². The lowest BCUT2D eigenvalue weighted by Gasteiger charge is -2.26. The Labute approximate surface area is 108 Å². The van der Waals surface area contributed by atoms with Crippen LogP contribution in [0.1, 0.15) is 69.6 Å². The van der Waals surface area contributed by atoms with Gasteiger partial charge in [0.1, 0.15) is 6.04 Å². The molecule has 4 atom stereocenters. The van der Waals surface area contributed by atoms with Crippen molar-refractivity contribution in [3.8, 4) is 0 Å². The van der Waals surface area contributed by atoms with Gasteiger partial charge in [-0.3, -0.25) is 0 Å². The maximum absolute atomic E-state index is 9.42. The third-order valence-electron chi connectivity index (χ3n) is 3.99. The molecule has 0 aliphatic heterocycles. The van der Waals surface area contributed by atoms with Gasteiger partial charge in [-0.15, -0.1) is 0 Å². The van der Waals surface area contributed by atoms with E-state index in [0.29, 0.717) is 11.8 Å². The number of nitrogens with two attached hydrogens (primary N) is 1. The molecule has 0 bridgehead atoms. The van der Waals surface area contributed by atoms with Crippen molar-refractivity contribution >= 4 is 0 Å². The molecule has 0 amide bonds. The lowest BCUT2D eigenvalue weighted by Crippen LogP contribution is -2.23. The van der Waals surface area contributed by atoms with Crippen LogP contribution in [0.25, 0.3) is 0 Å². The van der Waals surface area contributed by atoms with Crippen LogP contribution in [0.15, 0.2) is 4.52 Å². The second-order valence-corrected chi connectivity index (χ2v) is 5.40. The van der Waals surface area contributed by atoms with Crippen molar-refractivity contribution < 1.29 is 9.63 Å². The minimum absolute atomic E-state index is 0.346. The summed E-state index contributed by atoms with van der Waals surface area (Å²) in [5, 5.41) is 13.5. The molecule has 102 valence electrons. The van der Waals surface area contributed by atoms with E-state index in [1.54, 1.807) is 6.92 Å². The lowest BCUT2D eigenvalue weighted by atomic mass is 9.80. The largest absolute Gasteiger partial charge is 0.391 e. The average Bonchev–Trinajstić information content (AvgIpc) is 2.87. The van der Waals surface area contributed by atoms with Gasteiger partial charge >= 0.3 is 0 Å². The third-order valence-corrected chi connectivity index (χ3v) is 3.99. The second kappa shape index (κ2) is 5.80. The van der Waals surface area contributed by atoms with Crippen LogP contribution in [0, 0.1) is 5.92 Å². The molecule has 0 spiro atoms. The van der Waals surface area contributed by atoms with Crippen molar-refractivity contribution in [1.82, 2.24) is 10.1 Å². The molecule has 2 unspecified atom stereocenters. The number of hydrogen-bond acceptors (Lipinski definition) is 5. The monoisotopic (exact) mass is 253 g/mol. The second-order valence-electron chi connectivity index (χ2n) is 5.40. The summed E-state index contributed by atoms with van der Waals surface area (Å²) in [6, 6.07) is -0.586. The Morgan fingerprint density at radius 3 is 2.94 bits per heavy atom. The normalized spacial score (nSPS) is 28.0. The zero-order valence-electron chi connectivity index (χ0n) is 11.2. The van der Waals surface area contributed by atoms with Crippen molar-refractivity contribution in [2.45, 2.75) is 64.0 Å². The van der Waals surface area contributed by atoms with Crippen molar-refractivity contribution in [1.29, 1.82) is 0 Å². The standard InChI is InChI=1S/C13H23N3O2/c1-3-9-5-4-6-10(7-9)12-15-13(18-16-12)11(14)8(2)17/h8-11,17H,3-7,14H2,1-2H3/t8-,9?,10?,11+/m1/s1. The number of aromatic nitrogens is 2. The molecule has 1 aromatic rings. The van der Waals surface area contributed by atoms with E-state index in [1.165, 1.54) is 19.3 Å². The van der Waals surface area contributed by atoms with Gasteiger partial charge in [-0.1, -0.05) is 31.3 Å². The Bertz CT molecular complexity index is 378. The summed E-state index contributed by atoms with van der Waals surface area (Å²) < 4.78 is 5.16. The van der Waals surface area contributed by atoms with E-state index < -0.39 is 12.1 Å². The molecule has 1 heterocycles. The van der Waals surface area contributed by atoms with E-state index >= 15 is 0 Å². The Kier molecular flexibility index (Phi) is 4.35. The van der Waals surface area contributed by atoms with Crippen LogP contribution < -0.4 is 5.73 Å². The first-order chi connectivity index (χ1) is 8.61.